The van der Waals surface area contributed by atoms with Gasteiger partial charge in [-0.1, -0.05) is 39.7 Å². The molecule has 0 N–H and O–H groups in total. The molecule has 1 spiro atoms. The first-order valence-electron chi connectivity index (χ1n) is 9.72. The maximum atomic E-state index is 12.6. The third kappa shape index (κ3) is 4.57. The Morgan fingerprint density at radius 2 is 1.55 bits per heavy atom. The summed E-state index contributed by atoms with van der Waals surface area (Å²) in [6.45, 7) is 3.02. The van der Waals surface area contributed by atoms with Gasteiger partial charge in [-0.15, -0.1) is 0 Å². The van der Waals surface area contributed by atoms with Crippen molar-refractivity contribution in [3.63, 3.8) is 0 Å². The number of halogens is 2. The van der Waals surface area contributed by atoms with Gasteiger partial charge >= 0.3 is 0 Å². The van der Waals surface area contributed by atoms with Crippen molar-refractivity contribution >= 4 is 45.4 Å². The molecule has 0 aliphatic carbocycles. The summed E-state index contributed by atoms with van der Waals surface area (Å²) >= 11 is 9.31. The molecule has 2 aromatic carbocycles. The number of rotatable bonds is 3. The lowest BCUT2D eigenvalue weighted by molar-refractivity contribution is -0.140. The predicted molar refractivity (Wildman–Crippen MR) is 119 cm³/mol. The zero-order chi connectivity index (χ0) is 20.4. The van der Waals surface area contributed by atoms with Crippen LogP contribution in [0.5, 0.6) is 0 Å². The summed E-state index contributed by atoms with van der Waals surface area (Å²) in [5.74, 6) is 0.111. The fraction of sp³-hybridized carbons (Fsp3) is 0.304. The largest absolute Gasteiger partial charge is 0.339 e. The fourth-order valence-corrected chi connectivity index (χ4v) is 4.43. The molecule has 0 aromatic heterocycles. The number of likely N-dealkylation sites (tertiary alicyclic amines) is 2. The molecule has 6 heteroatoms. The van der Waals surface area contributed by atoms with Crippen LogP contribution in [0, 0.1) is 5.41 Å². The average Bonchev–Trinajstić information content (AvgIpc) is 2.71. The van der Waals surface area contributed by atoms with Crippen molar-refractivity contribution < 1.29 is 9.59 Å². The molecule has 2 amide bonds. The van der Waals surface area contributed by atoms with Crippen LogP contribution in [-0.2, 0) is 4.79 Å². The minimum Gasteiger partial charge on any atom is -0.339 e. The molecule has 0 bridgehead atoms. The lowest BCUT2D eigenvalue weighted by Crippen LogP contribution is -2.62. The molecule has 0 saturated carbocycles. The van der Waals surface area contributed by atoms with Crippen molar-refractivity contribution in [1.82, 2.24) is 9.80 Å². The van der Waals surface area contributed by atoms with Crippen LogP contribution in [0.3, 0.4) is 0 Å². The van der Waals surface area contributed by atoms with Crippen LogP contribution >= 0.6 is 27.5 Å². The van der Waals surface area contributed by atoms with E-state index in [1.165, 1.54) is 0 Å². The number of piperidine rings is 1. The number of hydrogen-bond acceptors (Lipinski definition) is 2. The van der Waals surface area contributed by atoms with Crippen LogP contribution in [0.4, 0.5) is 0 Å². The Balaban J connectivity index is 1.27. The molecule has 2 aliphatic heterocycles. The highest BCUT2D eigenvalue weighted by Gasteiger charge is 2.46. The first kappa shape index (κ1) is 20.2. The molecular formula is C23H22BrClN2O2. The summed E-state index contributed by atoms with van der Waals surface area (Å²) in [6, 6.07) is 14.9. The van der Waals surface area contributed by atoms with E-state index in [2.05, 4.69) is 15.9 Å². The fourth-order valence-electron chi connectivity index (χ4n) is 4.04. The molecule has 0 radical (unpaired) electrons. The quantitative estimate of drug-likeness (QED) is 0.596. The van der Waals surface area contributed by atoms with E-state index in [1.807, 2.05) is 40.1 Å². The molecule has 0 unspecified atom stereocenters. The lowest BCUT2D eigenvalue weighted by Gasteiger charge is -2.53. The summed E-state index contributed by atoms with van der Waals surface area (Å²) in [5.41, 5.74) is 1.84. The van der Waals surface area contributed by atoms with E-state index >= 15 is 0 Å². The Morgan fingerprint density at radius 3 is 2.17 bits per heavy atom. The normalized spacial score (nSPS) is 18.1. The van der Waals surface area contributed by atoms with Crippen molar-refractivity contribution in [3.05, 3.63) is 75.2 Å². The Hall–Kier alpha value is -2.11. The number of amides is 2. The van der Waals surface area contributed by atoms with E-state index in [9.17, 15) is 9.59 Å². The highest BCUT2D eigenvalue weighted by molar-refractivity contribution is 9.10. The number of hydrogen-bond donors (Lipinski definition) is 0. The number of carbonyl (C=O) groups is 2. The van der Waals surface area contributed by atoms with Gasteiger partial charge in [0.1, 0.15) is 0 Å². The molecular weight excluding hydrogens is 452 g/mol. The second kappa shape index (κ2) is 8.33. The zero-order valence-electron chi connectivity index (χ0n) is 16.0. The molecule has 2 aromatic rings. The molecule has 2 fully saturated rings. The number of benzene rings is 2. The number of nitrogens with zero attached hydrogens (tertiary/aromatic N) is 2. The van der Waals surface area contributed by atoms with E-state index in [4.69, 9.17) is 11.6 Å². The van der Waals surface area contributed by atoms with Gasteiger partial charge in [0.05, 0.1) is 0 Å². The monoisotopic (exact) mass is 472 g/mol. The molecule has 29 heavy (non-hydrogen) atoms. The van der Waals surface area contributed by atoms with Gasteiger partial charge in [0, 0.05) is 52.7 Å². The van der Waals surface area contributed by atoms with Crippen LogP contribution < -0.4 is 0 Å². The van der Waals surface area contributed by atoms with Gasteiger partial charge in [0.15, 0.2) is 0 Å². The Labute approximate surface area is 184 Å². The van der Waals surface area contributed by atoms with Crippen LogP contribution in [0.25, 0.3) is 6.08 Å². The minimum atomic E-state index is 0.0539. The number of carbonyl (C=O) groups excluding carboxylic acids is 2. The van der Waals surface area contributed by atoms with Gasteiger partial charge in [-0.2, -0.15) is 0 Å². The van der Waals surface area contributed by atoms with Gasteiger partial charge in [-0.05, 0) is 60.9 Å². The van der Waals surface area contributed by atoms with Crippen molar-refractivity contribution in [1.29, 1.82) is 0 Å². The Morgan fingerprint density at radius 1 is 0.931 bits per heavy atom. The Kier molecular flexibility index (Phi) is 5.79. The van der Waals surface area contributed by atoms with E-state index in [1.54, 1.807) is 30.3 Å². The van der Waals surface area contributed by atoms with Crippen LogP contribution in [0.1, 0.15) is 28.8 Å². The Bertz CT molecular complexity index is 924. The summed E-state index contributed by atoms with van der Waals surface area (Å²) in [4.78, 5) is 28.9. The predicted octanol–water partition coefficient (Wildman–Crippen LogP) is 4.88. The third-order valence-electron chi connectivity index (χ3n) is 5.86. The van der Waals surface area contributed by atoms with Crippen LogP contribution in [-0.4, -0.2) is 47.8 Å². The van der Waals surface area contributed by atoms with Crippen LogP contribution in [0.2, 0.25) is 5.02 Å². The lowest BCUT2D eigenvalue weighted by atomic mass is 9.72. The maximum absolute atomic E-state index is 12.6. The van der Waals surface area contributed by atoms with E-state index in [-0.39, 0.29) is 17.2 Å². The first-order valence-corrected chi connectivity index (χ1v) is 10.9. The van der Waals surface area contributed by atoms with Gasteiger partial charge in [-0.25, -0.2) is 0 Å². The highest BCUT2D eigenvalue weighted by atomic mass is 79.9. The van der Waals surface area contributed by atoms with E-state index in [0.717, 1.165) is 49.1 Å². The topological polar surface area (TPSA) is 40.6 Å². The maximum Gasteiger partial charge on any atom is 0.253 e. The van der Waals surface area contributed by atoms with Gasteiger partial charge in [-0.3, -0.25) is 9.59 Å². The van der Waals surface area contributed by atoms with Crippen molar-refractivity contribution in [2.75, 3.05) is 26.2 Å². The average molecular weight is 474 g/mol. The van der Waals surface area contributed by atoms with E-state index < -0.39 is 0 Å². The summed E-state index contributed by atoms with van der Waals surface area (Å²) in [6.07, 6.45) is 5.38. The molecule has 0 atom stereocenters. The third-order valence-corrected chi connectivity index (χ3v) is 6.64. The molecule has 4 nitrogen and oxygen atoms in total. The summed E-state index contributed by atoms with van der Waals surface area (Å²) < 4.78 is 1.02. The van der Waals surface area contributed by atoms with Crippen molar-refractivity contribution in [2.45, 2.75) is 12.8 Å². The van der Waals surface area contributed by atoms with Crippen molar-refractivity contribution in [2.24, 2.45) is 5.41 Å². The second-order valence-corrected chi connectivity index (χ2v) is 9.23. The van der Waals surface area contributed by atoms with Gasteiger partial charge < -0.3 is 9.80 Å². The summed E-state index contributed by atoms with van der Waals surface area (Å²) in [5, 5.41) is 0.632. The highest BCUT2D eigenvalue weighted by Crippen LogP contribution is 2.40. The first-order chi connectivity index (χ1) is 13.9. The second-order valence-electron chi connectivity index (χ2n) is 7.88. The molecule has 2 aliphatic rings. The SMILES string of the molecule is O=C(C=Cc1ccc(Br)cc1)N1CC2(CCN(C(=O)c3ccc(Cl)cc3)CC2)C1. The van der Waals surface area contributed by atoms with Gasteiger partial charge in [0.25, 0.3) is 5.91 Å². The minimum absolute atomic E-state index is 0.0539. The van der Waals surface area contributed by atoms with Gasteiger partial charge in [0.2, 0.25) is 5.91 Å². The standard InChI is InChI=1S/C23H22BrClN2O2/c24-19-6-1-17(2-7-19)3-10-21(28)27-15-23(16-27)11-13-26(14-12-23)22(29)18-4-8-20(25)9-5-18/h1-10H,11-16H2. The summed E-state index contributed by atoms with van der Waals surface area (Å²) in [7, 11) is 0. The zero-order valence-corrected chi connectivity index (χ0v) is 18.3. The van der Waals surface area contributed by atoms with Crippen molar-refractivity contribution in [3.8, 4) is 0 Å². The molecule has 2 saturated heterocycles. The smallest absolute Gasteiger partial charge is 0.253 e. The molecule has 4 rings (SSSR count). The van der Waals surface area contributed by atoms with E-state index in [0.29, 0.717) is 10.6 Å². The van der Waals surface area contributed by atoms with Crippen LogP contribution in [0.15, 0.2) is 59.1 Å². The molecule has 2 heterocycles. The molecule has 150 valence electrons.